The molecule has 18 heavy (non-hydrogen) atoms. The van der Waals surface area contributed by atoms with Gasteiger partial charge in [-0.3, -0.25) is 0 Å². The van der Waals surface area contributed by atoms with Crippen LogP contribution < -0.4 is 5.32 Å². The minimum Gasteiger partial charge on any atom is -0.380 e. The lowest BCUT2D eigenvalue weighted by Crippen LogP contribution is -2.01. The number of benzene rings is 2. The van der Waals surface area contributed by atoms with Crippen LogP contribution in [0.1, 0.15) is 5.56 Å². The van der Waals surface area contributed by atoms with E-state index in [1.54, 1.807) is 18.2 Å². The summed E-state index contributed by atoms with van der Waals surface area (Å²) >= 11 is 11.7. The standard InChI is InChI=1S/C13H9Cl2F2N/c14-9-1-2-13(12(15)5-9)18-7-8-3-10(16)6-11(17)4-8/h1-6,18H,7H2. The molecule has 0 amide bonds. The van der Waals surface area contributed by atoms with Crippen molar-refractivity contribution in [2.45, 2.75) is 6.54 Å². The van der Waals surface area contributed by atoms with Crippen LogP contribution in [-0.2, 0) is 6.54 Å². The van der Waals surface area contributed by atoms with Crippen LogP contribution >= 0.6 is 23.2 Å². The maximum Gasteiger partial charge on any atom is 0.126 e. The van der Waals surface area contributed by atoms with Gasteiger partial charge in [-0.15, -0.1) is 0 Å². The van der Waals surface area contributed by atoms with Crippen molar-refractivity contribution in [1.29, 1.82) is 0 Å². The average molecular weight is 288 g/mol. The molecule has 0 bridgehead atoms. The van der Waals surface area contributed by atoms with E-state index < -0.39 is 11.6 Å². The zero-order chi connectivity index (χ0) is 13.1. The molecule has 0 aromatic heterocycles. The second-order valence-corrected chi connectivity index (χ2v) is 4.60. The minimum atomic E-state index is -0.603. The Bertz CT molecular complexity index is 553. The third-order valence-electron chi connectivity index (χ3n) is 2.34. The summed E-state index contributed by atoms with van der Waals surface area (Å²) in [6, 6.07) is 8.35. The van der Waals surface area contributed by atoms with E-state index in [1.807, 2.05) is 0 Å². The molecule has 0 aliphatic carbocycles. The van der Waals surface area contributed by atoms with E-state index in [0.717, 1.165) is 6.07 Å². The lowest BCUT2D eigenvalue weighted by Gasteiger charge is -2.09. The highest BCUT2D eigenvalue weighted by Crippen LogP contribution is 2.25. The molecular weight excluding hydrogens is 279 g/mol. The van der Waals surface area contributed by atoms with Crippen LogP contribution in [0.4, 0.5) is 14.5 Å². The fraction of sp³-hybridized carbons (Fsp3) is 0.0769. The van der Waals surface area contributed by atoms with Crippen LogP contribution in [-0.4, -0.2) is 0 Å². The Morgan fingerprint density at radius 2 is 1.61 bits per heavy atom. The first kappa shape index (κ1) is 13.1. The van der Waals surface area contributed by atoms with Gasteiger partial charge in [0.1, 0.15) is 11.6 Å². The second-order valence-electron chi connectivity index (χ2n) is 3.76. The molecule has 0 aliphatic rings. The van der Waals surface area contributed by atoms with E-state index >= 15 is 0 Å². The maximum atomic E-state index is 13.0. The highest BCUT2D eigenvalue weighted by molar-refractivity contribution is 6.36. The van der Waals surface area contributed by atoms with Crippen LogP contribution in [0.2, 0.25) is 10.0 Å². The predicted molar refractivity (Wildman–Crippen MR) is 70.1 cm³/mol. The van der Waals surface area contributed by atoms with Crippen molar-refractivity contribution in [3.63, 3.8) is 0 Å². The van der Waals surface area contributed by atoms with E-state index in [2.05, 4.69) is 5.32 Å². The first-order valence-corrected chi connectivity index (χ1v) is 5.94. The monoisotopic (exact) mass is 287 g/mol. The summed E-state index contributed by atoms with van der Waals surface area (Å²) in [5.41, 5.74) is 1.16. The Balaban J connectivity index is 2.11. The van der Waals surface area contributed by atoms with Crippen molar-refractivity contribution in [2.75, 3.05) is 5.32 Å². The molecule has 0 radical (unpaired) electrons. The summed E-state index contributed by atoms with van der Waals surface area (Å²) < 4.78 is 25.9. The molecule has 0 heterocycles. The summed E-state index contributed by atoms with van der Waals surface area (Å²) in [7, 11) is 0. The van der Waals surface area contributed by atoms with Gasteiger partial charge < -0.3 is 5.32 Å². The van der Waals surface area contributed by atoms with Crippen molar-refractivity contribution < 1.29 is 8.78 Å². The molecular formula is C13H9Cl2F2N. The van der Waals surface area contributed by atoms with Crippen molar-refractivity contribution in [3.05, 3.63) is 63.6 Å². The largest absolute Gasteiger partial charge is 0.380 e. The summed E-state index contributed by atoms with van der Waals surface area (Å²) in [4.78, 5) is 0. The van der Waals surface area contributed by atoms with Gasteiger partial charge in [-0.05, 0) is 35.9 Å². The van der Waals surface area contributed by atoms with Gasteiger partial charge in [-0.1, -0.05) is 23.2 Å². The fourth-order valence-electron chi connectivity index (χ4n) is 1.54. The topological polar surface area (TPSA) is 12.0 Å². The van der Waals surface area contributed by atoms with Crippen LogP contribution in [0, 0.1) is 11.6 Å². The molecule has 0 saturated heterocycles. The molecule has 0 saturated carbocycles. The summed E-state index contributed by atoms with van der Waals surface area (Å²) in [6.07, 6.45) is 0. The molecule has 0 fully saturated rings. The number of hydrogen-bond donors (Lipinski definition) is 1. The summed E-state index contributed by atoms with van der Waals surface area (Å²) in [5.74, 6) is -1.21. The third-order valence-corrected chi connectivity index (χ3v) is 2.88. The fourth-order valence-corrected chi connectivity index (χ4v) is 2.02. The van der Waals surface area contributed by atoms with E-state index in [1.165, 1.54) is 12.1 Å². The summed E-state index contributed by atoms with van der Waals surface area (Å²) in [6.45, 7) is 0.274. The van der Waals surface area contributed by atoms with Gasteiger partial charge in [0.15, 0.2) is 0 Å². The van der Waals surface area contributed by atoms with Gasteiger partial charge >= 0.3 is 0 Å². The molecule has 2 aromatic carbocycles. The normalized spacial score (nSPS) is 10.4. The molecule has 5 heteroatoms. The van der Waals surface area contributed by atoms with Crippen LogP contribution in [0.3, 0.4) is 0 Å². The molecule has 2 aromatic rings. The zero-order valence-corrected chi connectivity index (χ0v) is 10.7. The van der Waals surface area contributed by atoms with Crippen LogP contribution in [0.5, 0.6) is 0 Å². The predicted octanol–water partition coefficient (Wildman–Crippen LogP) is 4.88. The van der Waals surface area contributed by atoms with Gasteiger partial charge in [0.25, 0.3) is 0 Å². The molecule has 0 spiro atoms. The number of rotatable bonds is 3. The van der Waals surface area contributed by atoms with Crippen molar-refractivity contribution in [1.82, 2.24) is 0 Å². The number of halogens is 4. The molecule has 1 N–H and O–H groups in total. The van der Waals surface area contributed by atoms with Crippen LogP contribution in [0.25, 0.3) is 0 Å². The van der Waals surface area contributed by atoms with E-state index in [-0.39, 0.29) is 6.54 Å². The second kappa shape index (κ2) is 5.55. The number of anilines is 1. The Morgan fingerprint density at radius 3 is 2.22 bits per heavy atom. The Hall–Kier alpha value is -1.32. The number of hydrogen-bond acceptors (Lipinski definition) is 1. The lowest BCUT2D eigenvalue weighted by atomic mass is 10.2. The highest BCUT2D eigenvalue weighted by atomic mass is 35.5. The van der Waals surface area contributed by atoms with E-state index in [4.69, 9.17) is 23.2 Å². The average Bonchev–Trinajstić information content (AvgIpc) is 2.26. The highest BCUT2D eigenvalue weighted by Gasteiger charge is 2.03. The van der Waals surface area contributed by atoms with Crippen molar-refractivity contribution in [2.24, 2.45) is 0 Å². The lowest BCUT2D eigenvalue weighted by molar-refractivity contribution is 0.580. The first-order valence-electron chi connectivity index (χ1n) is 5.18. The minimum absolute atomic E-state index is 0.274. The number of nitrogens with one attached hydrogen (secondary N) is 1. The van der Waals surface area contributed by atoms with Gasteiger partial charge in [-0.25, -0.2) is 8.78 Å². The molecule has 2 rings (SSSR count). The third kappa shape index (κ3) is 3.34. The van der Waals surface area contributed by atoms with Crippen molar-refractivity contribution in [3.8, 4) is 0 Å². The van der Waals surface area contributed by atoms with Gasteiger partial charge in [0, 0.05) is 17.6 Å². The summed E-state index contributed by atoms with van der Waals surface area (Å²) in [5, 5.41) is 3.97. The SMILES string of the molecule is Fc1cc(F)cc(CNc2ccc(Cl)cc2Cl)c1. The van der Waals surface area contributed by atoms with E-state index in [9.17, 15) is 8.78 Å². The van der Waals surface area contributed by atoms with Gasteiger partial charge in [-0.2, -0.15) is 0 Å². The van der Waals surface area contributed by atoms with Crippen LogP contribution in [0.15, 0.2) is 36.4 Å². The zero-order valence-electron chi connectivity index (χ0n) is 9.18. The van der Waals surface area contributed by atoms with Gasteiger partial charge in [0.2, 0.25) is 0 Å². The molecule has 1 nitrogen and oxygen atoms in total. The molecule has 94 valence electrons. The smallest absolute Gasteiger partial charge is 0.126 e. The Labute approximate surface area is 113 Å². The maximum absolute atomic E-state index is 13.0. The van der Waals surface area contributed by atoms with Gasteiger partial charge in [0.05, 0.1) is 10.7 Å². The molecule has 0 atom stereocenters. The Morgan fingerprint density at radius 1 is 0.944 bits per heavy atom. The van der Waals surface area contributed by atoms with Crippen molar-refractivity contribution >= 4 is 28.9 Å². The Kier molecular flexibility index (Phi) is 4.04. The first-order chi connectivity index (χ1) is 8.54. The molecule has 0 aliphatic heterocycles. The quantitative estimate of drug-likeness (QED) is 0.848. The van der Waals surface area contributed by atoms with E-state index in [0.29, 0.717) is 21.3 Å². The molecule has 0 unspecified atom stereocenters.